The Labute approximate surface area is 123 Å². The first-order chi connectivity index (χ1) is 9.85. The summed E-state index contributed by atoms with van der Waals surface area (Å²) >= 11 is 0. The van der Waals surface area contributed by atoms with Crippen LogP contribution in [0.2, 0.25) is 0 Å². The van der Waals surface area contributed by atoms with Crippen LogP contribution >= 0.6 is 0 Å². The first-order valence-electron chi connectivity index (χ1n) is 7.47. The average molecular weight is 291 g/mol. The number of rotatable bonds is 3. The smallest absolute Gasteiger partial charge is 0.201 e. The predicted molar refractivity (Wildman–Crippen MR) is 81.7 cm³/mol. The quantitative estimate of drug-likeness (QED) is 0.811. The van der Waals surface area contributed by atoms with Crippen LogP contribution in [0.1, 0.15) is 39.5 Å². The molecule has 1 fully saturated rings. The minimum Gasteiger partial charge on any atom is -0.388 e. The number of halogens is 1. The first kappa shape index (κ1) is 14.3. The minimum atomic E-state index is -0.681. The molecule has 0 amide bonds. The highest BCUT2D eigenvalue weighted by Gasteiger charge is 2.36. The van der Waals surface area contributed by atoms with Crippen molar-refractivity contribution in [2.45, 2.75) is 45.1 Å². The highest BCUT2D eigenvalue weighted by atomic mass is 19.1. The molecule has 3 N–H and O–H groups in total. The molecule has 3 rings (SSSR count). The fourth-order valence-electron chi connectivity index (χ4n) is 2.88. The molecule has 0 saturated heterocycles. The Kier molecular flexibility index (Phi) is 3.40. The van der Waals surface area contributed by atoms with E-state index in [2.05, 4.69) is 29.1 Å². The summed E-state index contributed by atoms with van der Waals surface area (Å²) in [5.41, 5.74) is 1.02. The van der Waals surface area contributed by atoms with E-state index in [9.17, 15) is 9.50 Å². The lowest BCUT2D eigenvalue weighted by atomic mass is 9.71. The van der Waals surface area contributed by atoms with Crippen LogP contribution in [0.3, 0.4) is 0 Å². The van der Waals surface area contributed by atoms with Gasteiger partial charge in [-0.25, -0.2) is 9.37 Å². The number of hydrogen-bond acceptors (Lipinski definition) is 3. The summed E-state index contributed by atoms with van der Waals surface area (Å²) in [5, 5.41) is 13.8. The van der Waals surface area contributed by atoms with Crippen LogP contribution in [0.25, 0.3) is 11.0 Å². The van der Waals surface area contributed by atoms with Crippen molar-refractivity contribution in [1.29, 1.82) is 0 Å². The Morgan fingerprint density at radius 1 is 1.29 bits per heavy atom. The zero-order chi connectivity index (χ0) is 15.1. The summed E-state index contributed by atoms with van der Waals surface area (Å²) in [6, 6.07) is 4.46. The van der Waals surface area contributed by atoms with Crippen molar-refractivity contribution in [2.24, 2.45) is 5.41 Å². The monoisotopic (exact) mass is 291 g/mol. The second kappa shape index (κ2) is 4.98. The lowest BCUT2D eigenvalue weighted by molar-refractivity contribution is -0.0146. The van der Waals surface area contributed by atoms with Gasteiger partial charge in [0.15, 0.2) is 0 Å². The van der Waals surface area contributed by atoms with Crippen LogP contribution in [-0.4, -0.2) is 27.2 Å². The van der Waals surface area contributed by atoms with E-state index in [-0.39, 0.29) is 5.82 Å². The van der Waals surface area contributed by atoms with Crippen LogP contribution in [0.15, 0.2) is 18.2 Å². The summed E-state index contributed by atoms with van der Waals surface area (Å²) < 4.78 is 13.1. The molecule has 1 saturated carbocycles. The Bertz CT molecular complexity index is 640. The van der Waals surface area contributed by atoms with Gasteiger partial charge in [0.25, 0.3) is 0 Å². The van der Waals surface area contributed by atoms with E-state index >= 15 is 0 Å². The van der Waals surface area contributed by atoms with Crippen LogP contribution in [-0.2, 0) is 0 Å². The number of aromatic amines is 1. The average Bonchev–Trinajstić information content (AvgIpc) is 2.83. The van der Waals surface area contributed by atoms with Gasteiger partial charge >= 0.3 is 0 Å². The molecule has 114 valence electrons. The van der Waals surface area contributed by atoms with Gasteiger partial charge in [0.2, 0.25) is 5.95 Å². The van der Waals surface area contributed by atoms with E-state index in [1.54, 1.807) is 6.07 Å². The summed E-state index contributed by atoms with van der Waals surface area (Å²) in [6.07, 6.45) is 3.64. The highest BCUT2D eigenvalue weighted by Crippen LogP contribution is 2.40. The van der Waals surface area contributed by atoms with Crippen molar-refractivity contribution in [3.8, 4) is 0 Å². The molecule has 0 radical (unpaired) electrons. The number of anilines is 1. The van der Waals surface area contributed by atoms with Crippen LogP contribution < -0.4 is 5.32 Å². The fourth-order valence-corrected chi connectivity index (χ4v) is 2.88. The highest BCUT2D eigenvalue weighted by molar-refractivity contribution is 5.77. The topological polar surface area (TPSA) is 60.9 Å². The summed E-state index contributed by atoms with van der Waals surface area (Å²) in [5.74, 6) is 0.291. The number of nitrogens with one attached hydrogen (secondary N) is 2. The molecule has 0 unspecified atom stereocenters. The van der Waals surface area contributed by atoms with E-state index in [0.29, 0.717) is 23.4 Å². The SMILES string of the molecule is CC1(C)CCC(O)(CNc2nc3ccc(F)cc3[nH]2)CC1. The molecule has 0 spiro atoms. The third-order valence-corrected chi connectivity index (χ3v) is 4.56. The number of imidazole rings is 1. The lowest BCUT2D eigenvalue weighted by Gasteiger charge is -2.40. The second-order valence-electron chi connectivity index (χ2n) is 6.99. The molecule has 0 bridgehead atoms. The maximum absolute atomic E-state index is 13.1. The Balaban J connectivity index is 1.66. The predicted octanol–water partition coefficient (Wildman–Crippen LogP) is 3.45. The minimum absolute atomic E-state index is 0.286. The number of aliphatic hydroxyl groups is 1. The standard InChI is InChI=1S/C16H22FN3O/c1-15(2)5-7-16(21,8-6-15)10-18-14-19-12-4-3-11(17)9-13(12)20-14/h3-4,9,21H,5-8,10H2,1-2H3,(H2,18,19,20). The molecule has 1 heterocycles. The van der Waals surface area contributed by atoms with Crippen LogP contribution in [0, 0.1) is 11.2 Å². The molecule has 1 aromatic carbocycles. The van der Waals surface area contributed by atoms with Crippen molar-refractivity contribution in [1.82, 2.24) is 9.97 Å². The molecule has 21 heavy (non-hydrogen) atoms. The van der Waals surface area contributed by atoms with Crippen LogP contribution in [0.5, 0.6) is 0 Å². The van der Waals surface area contributed by atoms with Gasteiger partial charge < -0.3 is 15.4 Å². The van der Waals surface area contributed by atoms with Gasteiger partial charge in [-0.1, -0.05) is 13.8 Å². The number of fused-ring (bicyclic) bond motifs is 1. The van der Waals surface area contributed by atoms with Crippen LogP contribution in [0.4, 0.5) is 10.3 Å². The molecular weight excluding hydrogens is 269 g/mol. The molecule has 1 aliphatic rings. The van der Waals surface area contributed by atoms with Gasteiger partial charge in [-0.15, -0.1) is 0 Å². The summed E-state index contributed by atoms with van der Waals surface area (Å²) in [7, 11) is 0. The molecule has 1 aliphatic carbocycles. The van der Waals surface area contributed by atoms with Crippen molar-refractivity contribution < 1.29 is 9.50 Å². The normalized spacial score (nSPS) is 20.6. The van der Waals surface area contributed by atoms with Gasteiger partial charge in [-0.05, 0) is 49.3 Å². The zero-order valence-corrected chi connectivity index (χ0v) is 12.5. The number of benzene rings is 1. The van der Waals surface area contributed by atoms with Gasteiger partial charge in [0.1, 0.15) is 5.82 Å². The molecule has 2 aromatic rings. The Hall–Kier alpha value is -1.62. The molecule has 5 heteroatoms. The first-order valence-corrected chi connectivity index (χ1v) is 7.47. The lowest BCUT2D eigenvalue weighted by Crippen LogP contribution is -2.42. The number of hydrogen-bond donors (Lipinski definition) is 3. The van der Waals surface area contributed by atoms with Crippen molar-refractivity contribution >= 4 is 17.0 Å². The zero-order valence-electron chi connectivity index (χ0n) is 12.5. The summed E-state index contributed by atoms with van der Waals surface area (Å²) in [4.78, 5) is 7.39. The van der Waals surface area contributed by atoms with E-state index < -0.39 is 5.60 Å². The Morgan fingerprint density at radius 3 is 2.71 bits per heavy atom. The van der Waals surface area contributed by atoms with E-state index in [4.69, 9.17) is 0 Å². The van der Waals surface area contributed by atoms with Gasteiger partial charge in [0, 0.05) is 6.54 Å². The largest absolute Gasteiger partial charge is 0.388 e. The van der Waals surface area contributed by atoms with Crippen molar-refractivity contribution in [3.63, 3.8) is 0 Å². The number of nitrogens with zero attached hydrogens (tertiary/aromatic N) is 1. The third kappa shape index (κ3) is 3.18. The van der Waals surface area contributed by atoms with E-state index in [0.717, 1.165) is 31.2 Å². The van der Waals surface area contributed by atoms with E-state index in [1.807, 2.05) is 0 Å². The van der Waals surface area contributed by atoms with Crippen molar-refractivity contribution in [2.75, 3.05) is 11.9 Å². The Morgan fingerprint density at radius 2 is 2.00 bits per heavy atom. The van der Waals surface area contributed by atoms with Gasteiger partial charge in [-0.2, -0.15) is 0 Å². The fraction of sp³-hybridized carbons (Fsp3) is 0.562. The second-order valence-corrected chi connectivity index (χ2v) is 6.99. The third-order valence-electron chi connectivity index (χ3n) is 4.56. The molecule has 4 nitrogen and oxygen atoms in total. The maximum atomic E-state index is 13.1. The number of aromatic nitrogens is 2. The van der Waals surface area contributed by atoms with Gasteiger partial charge in [-0.3, -0.25) is 0 Å². The number of H-pyrrole nitrogens is 1. The van der Waals surface area contributed by atoms with Gasteiger partial charge in [0.05, 0.1) is 16.6 Å². The molecular formula is C16H22FN3O. The summed E-state index contributed by atoms with van der Waals surface area (Å²) in [6.45, 7) is 4.95. The molecule has 0 atom stereocenters. The van der Waals surface area contributed by atoms with Crippen molar-refractivity contribution in [3.05, 3.63) is 24.0 Å². The maximum Gasteiger partial charge on any atom is 0.201 e. The molecule has 1 aromatic heterocycles. The molecule has 0 aliphatic heterocycles. The van der Waals surface area contributed by atoms with E-state index in [1.165, 1.54) is 12.1 Å².